The maximum absolute atomic E-state index is 12.4. The van der Waals surface area contributed by atoms with Crippen LogP contribution in [0.25, 0.3) is 0 Å². The van der Waals surface area contributed by atoms with E-state index in [9.17, 15) is 9.59 Å². The summed E-state index contributed by atoms with van der Waals surface area (Å²) >= 11 is 0. The van der Waals surface area contributed by atoms with Gasteiger partial charge in [-0.05, 0) is 50.5 Å². The van der Waals surface area contributed by atoms with Crippen molar-refractivity contribution in [1.82, 2.24) is 14.7 Å². The highest BCUT2D eigenvalue weighted by Crippen LogP contribution is 2.34. The van der Waals surface area contributed by atoms with Crippen molar-refractivity contribution in [3.63, 3.8) is 0 Å². The number of nitrogens with zero attached hydrogens (tertiary/aromatic N) is 4. The van der Waals surface area contributed by atoms with Gasteiger partial charge in [0.05, 0.1) is 6.54 Å². The molecule has 0 spiro atoms. The SMILES string of the molecule is CC(=O)Nc1cc2n(n1)CCN2c1ccc2c(c1)CCN(C(=O)OC(C)(C)C)C2. The smallest absolute Gasteiger partial charge is 0.410 e. The van der Waals surface area contributed by atoms with E-state index in [1.54, 1.807) is 4.90 Å². The topological polar surface area (TPSA) is 79.7 Å². The lowest BCUT2D eigenvalue weighted by Gasteiger charge is -2.31. The molecule has 1 aromatic heterocycles. The third-order valence-electron chi connectivity index (χ3n) is 5.04. The van der Waals surface area contributed by atoms with E-state index in [4.69, 9.17) is 4.74 Å². The maximum Gasteiger partial charge on any atom is 0.410 e. The Morgan fingerprint density at radius 1 is 1.10 bits per heavy atom. The van der Waals surface area contributed by atoms with Crippen molar-refractivity contribution in [2.24, 2.45) is 0 Å². The quantitative estimate of drug-likeness (QED) is 0.841. The highest BCUT2D eigenvalue weighted by Gasteiger charge is 2.28. The molecule has 8 heteroatoms. The minimum absolute atomic E-state index is 0.128. The number of carbonyl (C=O) groups is 2. The summed E-state index contributed by atoms with van der Waals surface area (Å²) in [6.07, 6.45) is 0.535. The normalized spacial score (nSPS) is 15.7. The van der Waals surface area contributed by atoms with E-state index < -0.39 is 5.60 Å². The average Bonchev–Trinajstić information content (AvgIpc) is 3.18. The molecule has 2 aliphatic rings. The number of fused-ring (bicyclic) bond motifs is 2. The van der Waals surface area contributed by atoms with E-state index in [-0.39, 0.29) is 12.0 Å². The number of carbonyl (C=O) groups excluding carboxylic acids is 2. The van der Waals surface area contributed by atoms with E-state index in [0.717, 1.165) is 36.6 Å². The van der Waals surface area contributed by atoms with Gasteiger partial charge in [0.25, 0.3) is 0 Å². The van der Waals surface area contributed by atoms with Crippen molar-refractivity contribution in [2.45, 2.75) is 52.8 Å². The average molecular weight is 397 g/mol. The maximum atomic E-state index is 12.4. The molecular weight excluding hydrogens is 370 g/mol. The van der Waals surface area contributed by atoms with Crippen LogP contribution in [0.15, 0.2) is 24.3 Å². The number of nitrogens with one attached hydrogen (secondary N) is 1. The molecule has 0 atom stereocenters. The second-order valence-corrected chi connectivity index (χ2v) is 8.55. The lowest BCUT2D eigenvalue weighted by atomic mass is 9.99. The van der Waals surface area contributed by atoms with Crippen LogP contribution in [-0.2, 0) is 29.0 Å². The molecule has 2 amide bonds. The fraction of sp³-hybridized carbons (Fsp3) is 0.476. The molecule has 29 heavy (non-hydrogen) atoms. The third-order valence-corrected chi connectivity index (χ3v) is 5.04. The van der Waals surface area contributed by atoms with Gasteiger partial charge in [-0.2, -0.15) is 5.10 Å². The number of anilines is 3. The molecule has 0 fully saturated rings. The number of benzene rings is 1. The first-order valence-electron chi connectivity index (χ1n) is 9.92. The molecule has 0 radical (unpaired) electrons. The Hall–Kier alpha value is -3.03. The van der Waals surface area contributed by atoms with E-state index in [0.29, 0.717) is 18.9 Å². The van der Waals surface area contributed by atoms with Gasteiger partial charge in [0.1, 0.15) is 11.4 Å². The van der Waals surface area contributed by atoms with Crippen molar-refractivity contribution in [1.29, 1.82) is 0 Å². The van der Waals surface area contributed by atoms with Crippen LogP contribution < -0.4 is 10.2 Å². The summed E-state index contributed by atoms with van der Waals surface area (Å²) in [7, 11) is 0. The molecule has 1 aromatic carbocycles. The highest BCUT2D eigenvalue weighted by atomic mass is 16.6. The first-order chi connectivity index (χ1) is 13.7. The summed E-state index contributed by atoms with van der Waals surface area (Å²) in [4.78, 5) is 27.6. The van der Waals surface area contributed by atoms with Crippen LogP contribution in [0.1, 0.15) is 38.8 Å². The summed E-state index contributed by atoms with van der Waals surface area (Å²) < 4.78 is 7.42. The van der Waals surface area contributed by atoms with E-state index in [1.165, 1.54) is 12.5 Å². The molecule has 8 nitrogen and oxygen atoms in total. The van der Waals surface area contributed by atoms with Gasteiger partial charge < -0.3 is 19.9 Å². The van der Waals surface area contributed by atoms with Gasteiger partial charge in [0.2, 0.25) is 5.91 Å². The molecule has 0 bridgehead atoms. The predicted octanol–water partition coefficient (Wildman–Crippen LogP) is 3.29. The summed E-state index contributed by atoms with van der Waals surface area (Å²) in [6.45, 7) is 9.95. The van der Waals surface area contributed by atoms with Crippen LogP contribution >= 0.6 is 0 Å². The van der Waals surface area contributed by atoms with Gasteiger partial charge in [0, 0.05) is 38.3 Å². The van der Waals surface area contributed by atoms with Crippen molar-refractivity contribution < 1.29 is 14.3 Å². The Balaban J connectivity index is 1.51. The van der Waals surface area contributed by atoms with Crippen LogP contribution in [-0.4, -0.2) is 45.4 Å². The Bertz CT molecular complexity index is 960. The van der Waals surface area contributed by atoms with Crippen molar-refractivity contribution in [3.8, 4) is 0 Å². The zero-order valence-corrected chi connectivity index (χ0v) is 17.4. The molecular formula is C21H27N5O3. The minimum Gasteiger partial charge on any atom is -0.444 e. The van der Waals surface area contributed by atoms with Crippen LogP contribution in [0.4, 0.5) is 22.1 Å². The molecule has 3 heterocycles. The van der Waals surface area contributed by atoms with E-state index >= 15 is 0 Å². The van der Waals surface area contributed by atoms with Crippen LogP contribution in [0.3, 0.4) is 0 Å². The number of hydrogen-bond donors (Lipinski definition) is 1. The summed E-state index contributed by atoms with van der Waals surface area (Å²) in [5, 5.41) is 7.18. The van der Waals surface area contributed by atoms with Crippen molar-refractivity contribution in [2.75, 3.05) is 23.3 Å². The van der Waals surface area contributed by atoms with Gasteiger partial charge >= 0.3 is 6.09 Å². The summed E-state index contributed by atoms with van der Waals surface area (Å²) in [5.74, 6) is 1.42. The van der Waals surface area contributed by atoms with Gasteiger partial charge in [0.15, 0.2) is 5.82 Å². The molecule has 2 aromatic rings. The standard InChI is InChI=1S/C21H27N5O3/c1-14(27)22-18-12-19-25(9-10-26(19)23-18)17-6-5-16-13-24(8-7-15(16)11-17)20(28)29-21(2,3)4/h5-6,11-12H,7-10,13H2,1-4H3,(H,22,23,27). The molecule has 4 rings (SSSR count). The molecule has 0 aliphatic carbocycles. The van der Waals surface area contributed by atoms with Gasteiger partial charge in [-0.15, -0.1) is 0 Å². The van der Waals surface area contributed by atoms with E-state index in [2.05, 4.69) is 33.5 Å². The number of amides is 2. The molecule has 2 aliphatic heterocycles. The number of aromatic nitrogens is 2. The Labute approximate surface area is 170 Å². The zero-order valence-electron chi connectivity index (χ0n) is 17.4. The molecule has 1 N–H and O–H groups in total. The lowest BCUT2D eigenvalue weighted by molar-refractivity contribution is -0.114. The highest BCUT2D eigenvalue weighted by molar-refractivity contribution is 5.88. The molecule has 154 valence electrons. The Kier molecular flexibility index (Phi) is 4.72. The minimum atomic E-state index is -0.490. The Morgan fingerprint density at radius 2 is 1.90 bits per heavy atom. The number of hydrogen-bond acceptors (Lipinski definition) is 5. The number of ether oxygens (including phenoxy) is 1. The Morgan fingerprint density at radius 3 is 2.62 bits per heavy atom. The number of rotatable bonds is 2. The zero-order chi connectivity index (χ0) is 20.8. The molecule has 0 saturated heterocycles. The summed E-state index contributed by atoms with van der Waals surface area (Å²) in [5.41, 5.74) is 3.01. The monoisotopic (exact) mass is 397 g/mol. The second kappa shape index (κ2) is 7.09. The summed E-state index contributed by atoms with van der Waals surface area (Å²) in [6, 6.07) is 8.27. The van der Waals surface area contributed by atoms with Gasteiger partial charge in [-0.1, -0.05) is 6.07 Å². The molecule has 0 saturated carbocycles. The van der Waals surface area contributed by atoms with Gasteiger partial charge in [-0.25, -0.2) is 9.48 Å². The van der Waals surface area contributed by atoms with Crippen LogP contribution in [0, 0.1) is 0 Å². The fourth-order valence-corrected chi connectivity index (χ4v) is 3.79. The van der Waals surface area contributed by atoms with Crippen molar-refractivity contribution >= 4 is 29.3 Å². The van der Waals surface area contributed by atoms with Crippen LogP contribution in [0.2, 0.25) is 0 Å². The third kappa shape index (κ3) is 4.06. The molecule has 0 unspecified atom stereocenters. The van der Waals surface area contributed by atoms with E-state index in [1.807, 2.05) is 31.5 Å². The fourth-order valence-electron chi connectivity index (χ4n) is 3.79. The largest absolute Gasteiger partial charge is 0.444 e. The lowest BCUT2D eigenvalue weighted by Crippen LogP contribution is -2.39. The second-order valence-electron chi connectivity index (χ2n) is 8.55. The van der Waals surface area contributed by atoms with Gasteiger partial charge in [-0.3, -0.25) is 4.79 Å². The van der Waals surface area contributed by atoms with Crippen LogP contribution in [0.5, 0.6) is 0 Å². The predicted molar refractivity (Wildman–Crippen MR) is 110 cm³/mol. The van der Waals surface area contributed by atoms with Crippen molar-refractivity contribution in [3.05, 3.63) is 35.4 Å². The first kappa shape index (κ1) is 19.3. The first-order valence-corrected chi connectivity index (χ1v) is 9.92.